The smallest absolute Gasteiger partial charge is 0.0939 e. The number of pyridine rings is 2. The van der Waals surface area contributed by atoms with Crippen LogP contribution in [0.2, 0.25) is 0 Å². The molecule has 0 saturated carbocycles. The summed E-state index contributed by atoms with van der Waals surface area (Å²) in [6, 6.07) is 74.8. The first-order chi connectivity index (χ1) is 31.7. The van der Waals surface area contributed by atoms with Crippen molar-refractivity contribution in [2.24, 2.45) is 0 Å². The van der Waals surface area contributed by atoms with Gasteiger partial charge in [-0.25, -0.2) is 0 Å². The number of nitrogens with zero attached hydrogens (tertiary/aromatic N) is 3. The fourth-order valence-electron chi connectivity index (χ4n) is 12.4. The lowest BCUT2D eigenvalue weighted by molar-refractivity contribution is 0.714. The van der Waals surface area contributed by atoms with E-state index < -0.39 is 10.8 Å². The van der Waals surface area contributed by atoms with Crippen molar-refractivity contribution in [3.63, 3.8) is 0 Å². The van der Waals surface area contributed by atoms with Crippen molar-refractivity contribution in [3.05, 3.63) is 257 Å². The predicted octanol–water partition coefficient (Wildman–Crippen LogP) is 14.4. The molecule has 11 aromatic rings. The van der Waals surface area contributed by atoms with Crippen LogP contribution in [0.25, 0.3) is 72.3 Å². The fraction of sp³-hybridized carbons (Fsp3) is 0.0333. The zero-order valence-electron chi connectivity index (χ0n) is 34.5. The van der Waals surface area contributed by atoms with Gasteiger partial charge >= 0.3 is 0 Å². The fourth-order valence-corrected chi connectivity index (χ4v) is 13.6. The molecule has 0 radical (unpaired) electrons. The van der Waals surface area contributed by atoms with Crippen LogP contribution in [0.3, 0.4) is 0 Å². The summed E-state index contributed by atoms with van der Waals surface area (Å²) in [6.07, 6.45) is 3.98. The van der Waals surface area contributed by atoms with Gasteiger partial charge in [0.1, 0.15) is 0 Å². The van der Waals surface area contributed by atoms with Gasteiger partial charge in [0.25, 0.3) is 0 Å². The van der Waals surface area contributed by atoms with Crippen molar-refractivity contribution in [1.29, 1.82) is 0 Å². The molecule has 1 aliphatic heterocycles. The Morgan fingerprint density at radius 1 is 0.359 bits per heavy atom. The normalized spacial score (nSPS) is 16.2. The highest BCUT2D eigenvalue weighted by atomic mass is 32.2. The Balaban J connectivity index is 1.06. The highest BCUT2D eigenvalue weighted by molar-refractivity contribution is 7.99. The Bertz CT molecular complexity index is 3740. The van der Waals surface area contributed by atoms with Gasteiger partial charge in [0, 0.05) is 32.3 Å². The summed E-state index contributed by atoms with van der Waals surface area (Å²) >= 11 is 1.90. The lowest BCUT2D eigenvalue weighted by atomic mass is 9.66. The van der Waals surface area contributed by atoms with Crippen LogP contribution in [0.4, 0.5) is 0 Å². The second-order valence-electron chi connectivity index (χ2n) is 17.6. The van der Waals surface area contributed by atoms with Gasteiger partial charge in [-0.05, 0) is 121 Å². The standard InChI is InChI=1S/C60H35N3S/c1-2-15-36(16-3-1)37-28-29-41-44-33-51-56(34-50(44)59(49(41)31-37)45-21-8-4-17-39(45)40-18-5-9-22-46(40)59)64-55-27-13-10-23-47(55)60(51)48-24-14-30-61-57(48)58-52(60)32-38(35-62-58)63-53-25-11-6-19-42(53)43-20-7-12-26-54(43)63/h1-35H. The van der Waals surface area contributed by atoms with Crippen molar-refractivity contribution in [2.45, 2.75) is 20.6 Å². The minimum Gasteiger partial charge on any atom is -0.308 e. The molecule has 4 aliphatic rings. The molecule has 0 saturated heterocycles. The number of hydrogen-bond acceptors (Lipinski definition) is 3. The van der Waals surface area contributed by atoms with Crippen molar-refractivity contribution in [2.75, 3.05) is 0 Å². The maximum Gasteiger partial charge on any atom is 0.0939 e. The van der Waals surface area contributed by atoms with Crippen molar-refractivity contribution in [3.8, 4) is 50.5 Å². The van der Waals surface area contributed by atoms with Gasteiger partial charge < -0.3 is 4.57 Å². The van der Waals surface area contributed by atoms with E-state index >= 15 is 0 Å². The molecule has 2 spiro atoms. The molecule has 4 heterocycles. The van der Waals surface area contributed by atoms with Crippen LogP contribution in [-0.2, 0) is 10.8 Å². The van der Waals surface area contributed by atoms with E-state index in [1.165, 1.54) is 109 Å². The predicted molar refractivity (Wildman–Crippen MR) is 260 cm³/mol. The second-order valence-corrected chi connectivity index (χ2v) is 18.7. The molecule has 0 amide bonds. The van der Waals surface area contributed by atoms with E-state index in [-0.39, 0.29) is 0 Å². The van der Waals surface area contributed by atoms with Gasteiger partial charge in [0.2, 0.25) is 0 Å². The Hall–Kier alpha value is -7.79. The zero-order chi connectivity index (χ0) is 41.7. The molecule has 0 fully saturated rings. The lowest BCUT2D eigenvalue weighted by Crippen LogP contribution is -2.33. The van der Waals surface area contributed by atoms with Gasteiger partial charge in [-0.1, -0.05) is 163 Å². The topological polar surface area (TPSA) is 30.7 Å². The van der Waals surface area contributed by atoms with Crippen LogP contribution in [0.15, 0.2) is 222 Å². The van der Waals surface area contributed by atoms with E-state index in [4.69, 9.17) is 9.97 Å². The largest absolute Gasteiger partial charge is 0.308 e. The molecule has 3 aromatic heterocycles. The van der Waals surface area contributed by atoms with E-state index in [1.54, 1.807) is 0 Å². The maximum absolute atomic E-state index is 5.43. The molecule has 1 atom stereocenters. The molecule has 64 heavy (non-hydrogen) atoms. The molecule has 4 heteroatoms. The number of benzene rings is 8. The van der Waals surface area contributed by atoms with Crippen LogP contribution < -0.4 is 0 Å². The van der Waals surface area contributed by atoms with Crippen LogP contribution in [-0.4, -0.2) is 14.5 Å². The third-order valence-corrected chi connectivity index (χ3v) is 15.9. The SMILES string of the molecule is c1ccc(-c2ccc3c(c2)C2(c4ccccc4-c4ccccc42)c2cc4c(cc2-3)C2(c3ccccc3S4)c3cccnc3-c3ncc(-n4c5ccccc5c5ccccc54)cc32)cc1. The third-order valence-electron chi connectivity index (χ3n) is 14.8. The summed E-state index contributed by atoms with van der Waals surface area (Å²) in [4.78, 5) is 13.1. The molecule has 0 bridgehead atoms. The molecule has 3 aliphatic carbocycles. The van der Waals surface area contributed by atoms with Crippen LogP contribution >= 0.6 is 11.8 Å². The van der Waals surface area contributed by atoms with Gasteiger partial charge in [-0.2, -0.15) is 0 Å². The molecular formula is C60H35N3S. The first-order valence-electron chi connectivity index (χ1n) is 22.1. The lowest BCUT2D eigenvalue weighted by Gasteiger charge is -2.40. The summed E-state index contributed by atoms with van der Waals surface area (Å²) in [7, 11) is 0. The molecule has 1 unspecified atom stereocenters. The average molecular weight is 830 g/mol. The average Bonchev–Trinajstić information content (AvgIpc) is 4.04. The van der Waals surface area contributed by atoms with E-state index in [2.05, 4.69) is 211 Å². The molecule has 0 N–H and O–H groups in total. The first kappa shape index (κ1) is 34.8. The number of para-hydroxylation sites is 2. The van der Waals surface area contributed by atoms with E-state index in [0.29, 0.717) is 0 Å². The van der Waals surface area contributed by atoms with Gasteiger partial charge in [-0.15, -0.1) is 0 Å². The Kier molecular flexibility index (Phi) is 6.76. The summed E-state index contributed by atoms with van der Waals surface area (Å²) in [5.74, 6) is 0. The van der Waals surface area contributed by atoms with E-state index in [0.717, 1.165) is 17.1 Å². The Morgan fingerprint density at radius 2 is 0.953 bits per heavy atom. The molecule has 296 valence electrons. The molecular weight excluding hydrogens is 795 g/mol. The molecule has 15 rings (SSSR count). The Labute approximate surface area is 374 Å². The summed E-state index contributed by atoms with van der Waals surface area (Å²) in [5.41, 5.74) is 22.0. The van der Waals surface area contributed by atoms with E-state index in [9.17, 15) is 0 Å². The maximum atomic E-state index is 5.43. The Morgan fingerprint density at radius 3 is 1.72 bits per heavy atom. The minimum atomic E-state index is -0.682. The van der Waals surface area contributed by atoms with Crippen molar-refractivity contribution < 1.29 is 0 Å². The van der Waals surface area contributed by atoms with Crippen LogP contribution in [0.5, 0.6) is 0 Å². The summed E-state index contributed by atoms with van der Waals surface area (Å²) in [6.45, 7) is 0. The number of aromatic nitrogens is 3. The molecule has 3 nitrogen and oxygen atoms in total. The summed E-state index contributed by atoms with van der Waals surface area (Å²) < 4.78 is 2.40. The zero-order valence-corrected chi connectivity index (χ0v) is 35.3. The van der Waals surface area contributed by atoms with Crippen molar-refractivity contribution in [1.82, 2.24) is 14.5 Å². The quantitative estimate of drug-likeness (QED) is 0.174. The van der Waals surface area contributed by atoms with E-state index in [1.807, 2.05) is 18.0 Å². The highest BCUT2D eigenvalue weighted by Gasteiger charge is 2.56. The first-order valence-corrected chi connectivity index (χ1v) is 22.9. The summed E-state index contributed by atoms with van der Waals surface area (Å²) in [5, 5.41) is 2.47. The number of hydrogen-bond donors (Lipinski definition) is 0. The van der Waals surface area contributed by atoms with Crippen LogP contribution in [0.1, 0.15) is 44.5 Å². The monoisotopic (exact) mass is 829 g/mol. The molecule has 8 aromatic carbocycles. The van der Waals surface area contributed by atoms with Crippen LogP contribution in [0, 0.1) is 0 Å². The number of rotatable bonds is 2. The van der Waals surface area contributed by atoms with Gasteiger partial charge in [0.05, 0.1) is 45.1 Å². The third kappa shape index (κ3) is 4.15. The minimum absolute atomic E-state index is 0.499. The van der Waals surface area contributed by atoms with Gasteiger partial charge in [0.15, 0.2) is 0 Å². The van der Waals surface area contributed by atoms with Crippen molar-refractivity contribution >= 4 is 33.6 Å². The van der Waals surface area contributed by atoms with Gasteiger partial charge in [-0.3, -0.25) is 9.97 Å². The number of fused-ring (bicyclic) bond motifs is 22. The second kappa shape index (κ2) is 12.4. The highest BCUT2D eigenvalue weighted by Crippen LogP contribution is 2.67.